The molecule has 1 saturated heterocycles. The van der Waals surface area contributed by atoms with Crippen molar-refractivity contribution in [3.05, 3.63) is 33.9 Å². The van der Waals surface area contributed by atoms with E-state index >= 15 is 0 Å². The third-order valence-electron chi connectivity index (χ3n) is 4.14. The second-order valence-electron chi connectivity index (χ2n) is 5.58. The van der Waals surface area contributed by atoms with Gasteiger partial charge >= 0.3 is 0 Å². The predicted molar refractivity (Wildman–Crippen MR) is 81.6 cm³/mol. The number of hydrogen-bond donors (Lipinski definition) is 1. The third-order valence-corrected chi connectivity index (χ3v) is 4.14. The lowest BCUT2D eigenvalue weighted by Crippen LogP contribution is -2.47. The van der Waals surface area contributed by atoms with Gasteiger partial charge in [0.15, 0.2) is 0 Å². The predicted octanol–water partition coefficient (Wildman–Crippen LogP) is 3.04. The lowest BCUT2D eigenvalue weighted by molar-refractivity contribution is -0.383. The molecule has 0 aromatic heterocycles. The highest BCUT2D eigenvalue weighted by atomic mass is 16.6. The van der Waals surface area contributed by atoms with Crippen LogP contribution in [0.2, 0.25) is 0 Å². The molecule has 0 aliphatic carbocycles. The summed E-state index contributed by atoms with van der Waals surface area (Å²) in [6.07, 6.45) is 3.14. The molecule has 1 N–H and O–H groups in total. The van der Waals surface area contributed by atoms with Gasteiger partial charge < -0.3 is 10.2 Å². The van der Waals surface area contributed by atoms with E-state index in [1.54, 1.807) is 13.1 Å². The summed E-state index contributed by atoms with van der Waals surface area (Å²) in [6.45, 7) is 4.11. The summed E-state index contributed by atoms with van der Waals surface area (Å²) in [5.41, 5.74) is 0.836. The molecule has 0 spiro atoms. The Morgan fingerprint density at radius 3 is 2.48 bits per heavy atom. The molecule has 114 valence electrons. The summed E-state index contributed by atoms with van der Waals surface area (Å²) in [5.74, 6) is -0.0545. The molecule has 0 radical (unpaired) electrons. The number of nitrogens with one attached hydrogen (secondary N) is 1. The second-order valence-corrected chi connectivity index (χ2v) is 5.58. The van der Waals surface area contributed by atoms with Crippen LogP contribution < -0.4 is 5.32 Å². The largest absolute Gasteiger partial charge is 0.383 e. The van der Waals surface area contributed by atoms with Gasteiger partial charge in [0, 0.05) is 30.8 Å². The Kier molecular flexibility index (Phi) is 4.45. The molecule has 21 heavy (non-hydrogen) atoms. The van der Waals surface area contributed by atoms with E-state index in [2.05, 4.69) is 19.2 Å². The maximum absolute atomic E-state index is 12.7. The van der Waals surface area contributed by atoms with E-state index in [1.165, 1.54) is 12.1 Å². The SMILES string of the molecule is CNc1cc(C(=O)N2C(C)CCCC2C)ccc1[N+](=O)[O-]. The first-order chi connectivity index (χ1) is 9.95. The summed E-state index contributed by atoms with van der Waals surface area (Å²) in [7, 11) is 1.61. The number of likely N-dealkylation sites (tertiary alicyclic amines) is 1. The zero-order chi connectivity index (χ0) is 15.6. The minimum absolute atomic E-state index is 0.0196. The van der Waals surface area contributed by atoms with E-state index in [0.29, 0.717) is 11.3 Å². The second kappa shape index (κ2) is 6.11. The van der Waals surface area contributed by atoms with Crippen LogP contribution in [0.25, 0.3) is 0 Å². The fraction of sp³-hybridized carbons (Fsp3) is 0.533. The van der Waals surface area contributed by atoms with Crippen LogP contribution in [-0.4, -0.2) is 34.9 Å². The van der Waals surface area contributed by atoms with Gasteiger partial charge in [0.05, 0.1) is 4.92 Å². The highest BCUT2D eigenvalue weighted by Gasteiger charge is 2.30. The van der Waals surface area contributed by atoms with Gasteiger partial charge in [0.1, 0.15) is 5.69 Å². The molecule has 1 fully saturated rings. The fourth-order valence-corrected chi connectivity index (χ4v) is 3.00. The smallest absolute Gasteiger partial charge is 0.292 e. The maximum atomic E-state index is 12.7. The summed E-state index contributed by atoms with van der Waals surface area (Å²) in [6, 6.07) is 4.89. The van der Waals surface area contributed by atoms with Crippen molar-refractivity contribution in [1.82, 2.24) is 4.90 Å². The highest BCUT2D eigenvalue weighted by molar-refractivity contribution is 5.96. The highest BCUT2D eigenvalue weighted by Crippen LogP contribution is 2.28. The molecule has 6 nitrogen and oxygen atoms in total. The Balaban J connectivity index is 2.32. The Morgan fingerprint density at radius 1 is 1.33 bits per heavy atom. The number of anilines is 1. The molecule has 1 aliphatic heterocycles. The molecular formula is C15H21N3O3. The van der Waals surface area contributed by atoms with Crippen molar-refractivity contribution >= 4 is 17.3 Å². The van der Waals surface area contributed by atoms with Gasteiger partial charge in [-0.2, -0.15) is 0 Å². The zero-order valence-electron chi connectivity index (χ0n) is 12.6. The first kappa shape index (κ1) is 15.3. The average Bonchev–Trinajstić information content (AvgIpc) is 2.46. The molecule has 1 heterocycles. The number of nitro benzene ring substituents is 1. The number of nitro groups is 1. The standard InChI is InChI=1S/C15H21N3O3/c1-10-5-4-6-11(2)17(10)15(19)12-7-8-14(18(20)21)13(9-12)16-3/h7-11,16H,4-6H2,1-3H3. The molecule has 6 heteroatoms. The van der Waals surface area contributed by atoms with Crippen LogP contribution in [0.3, 0.4) is 0 Å². The van der Waals surface area contributed by atoms with Gasteiger partial charge in [0.25, 0.3) is 11.6 Å². The zero-order valence-corrected chi connectivity index (χ0v) is 12.6. The lowest BCUT2D eigenvalue weighted by atomic mass is 9.96. The first-order valence-corrected chi connectivity index (χ1v) is 7.24. The number of benzene rings is 1. The van der Waals surface area contributed by atoms with Crippen molar-refractivity contribution in [3.63, 3.8) is 0 Å². The Hall–Kier alpha value is -2.11. The summed E-state index contributed by atoms with van der Waals surface area (Å²) in [4.78, 5) is 25.1. The van der Waals surface area contributed by atoms with Gasteiger partial charge in [-0.25, -0.2) is 0 Å². The van der Waals surface area contributed by atoms with Crippen LogP contribution in [0.1, 0.15) is 43.5 Å². The average molecular weight is 291 g/mol. The van der Waals surface area contributed by atoms with E-state index in [1.807, 2.05) is 4.90 Å². The molecule has 1 amide bonds. The van der Waals surface area contributed by atoms with Gasteiger partial charge in [-0.05, 0) is 45.2 Å². The van der Waals surface area contributed by atoms with Crippen LogP contribution in [0.5, 0.6) is 0 Å². The Bertz CT molecular complexity index is 549. The quantitative estimate of drug-likeness (QED) is 0.686. The molecule has 1 aromatic rings. The number of hydrogen-bond acceptors (Lipinski definition) is 4. The Morgan fingerprint density at radius 2 is 1.95 bits per heavy atom. The van der Waals surface area contributed by atoms with Crippen molar-refractivity contribution in [1.29, 1.82) is 0 Å². The van der Waals surface area contributed by atoms with E-state index in [0.717, 1.165) is 19.3 Å². The molecule has 0 saturated carbocycles. The maximum Gasteiger partial charge on any atom is 0.292 e. The molecule has 2 atom stereocenters. The van der Waals surface area contributed by atoms with Crippen molar-refractivity contribution in [3.8, 4) is 0 Å². The number of piperidine rings is 1. The summed E-state index contributed by atoms with van der Waals surface area (Å²) < 4.78 is 0. The van der Waals surface area contributed by atoms with Crippen LogP contribution in [0, 0.1) is 10.1 Å². The topological polar surface area (TPSA) is 75.5 Å². The van der Waals surface area contributed by atoms with Crippen LogP contribution in [0.4, 0.5) is 11.4 Å². The van der Waals surface area contributed by atoms with Crippen molar-refractivity contribution < 1.29 is 9.72 Å². The first-order valence-electron chi connectivity index (χ1n) is 7.24. The normalized spacial score (nSPS) is 22.0. The number of nitrogens with zero attached hydrogens (tertiary/aromatic N) is 2. The molecule has 0 bridgehead atoms. The van der Waals surface area contributed by atoms with Gasteiger partial charge in [-0.15, -0.1) is 0 Å². The van der Waals surface area contributed by atoms with E-state index < -0.39 is 4.92 Å². The summed E-state index contributed by atoms with van der Waals surface area (Å²) >= 11 is 0. The molecular weight excluding hydrogens is 270 g/mol. The number of carbonyl (C=O) groups excluding carboxylic acids is 1. The molecule has 1 aromatic carbocycles. The van der Waals surface area contributed by atoms with Crippen LogP contribution in [0.15, 0.2) is 18.2 Å². The van der Waals surface area contributed by atoms with Gasteiger partial charge in [0.2, 0.25) is 0 Å². The minimum atomic E-state index is -0.452. The summed E-state index contributed by atoms with van der Waals surface area (Å²) in [5, 5.41) is 13.7. The van der Waals surface area contributed by atoms with E-state index in [4.69, 9.17) is 0 Å². The van der Waals surface area contributed by atoms with Crippen LogP contribution in [-0.2, 0) is 0 Å². The molecule has 2 rings (SSSR count). The van der Waals surface area contributed by atoms with Gasteiger partial charge in [-0.3, -0.25) is 14.9 Å². The van der Waals surface area contributed by atoms with Crippen molar-refractivity contribution in [2.75, 3.05) is 12.4 Å². The molecule has 1 aliphatic rings. The van der Waals surface area contributed by atoms with Crippen molar-refractivity contribution in [2.24, 2.45) is 0 Å². The van der Waals surface area contributed by atoms with Gasteiger partial charge in [-0.1, -0.05) is 0 Å². The molecule has 2 unspecified atom stereocenters. The fourth-order valence-electron chi connectivity index (χ4n) is 3.00. The minimum Gasteiger partial charge on any atom is -0.383 e. The van der Waals surface area contributed by atoms with Crippen LogP contribution >= 0.6 is 0 Å². The monoisotopic (exact) mass is 291 g/mol. The Labute approximate surface area is 124 Å². The van der Waals surface area contributed by atoms with Crippen molar-refractivity contribution in [2.45, 2.75) is 45.2 Å². The number of amides is 1. The van der Waals surface area contributed by atoms with E-state index in [-0.39, 0.29) is 23.7 Å². The number of carbonyl (C=O) groups is 1. The third kappa shape index (κ3) is 2.99. The lowest BCUT2D eigenvalue weighted by Gasteiger charge is -2.39. The van der Waals surface area contributed by atoms with E-state index in [9.17, 15) is 14.9 Å². The number of rotatable bonds is 3.